The largest absolute Gasteiger partial charge is 0.383 e. The van der Waals surface area contributed by atoms with Crippen molar-refractivity contribution in [3.8, 4) is 0 Å². The normalized spacial score (nSPS) is 15.2. The van der Waals surface area contributed by atoms with Crippen molar-refractivity contribution in [2.75, 3.05) is 20.3 Å². The van der Waals surface area contributed by atoms with Crippen LogP contribution in [0.5, 0.6) is 0 Å². The third-order valence-electron chi connectivity index (χ3n) is 3.28. The summed E-state index contributed by atoms with van der Waals surface area (Å²) in [5.41, 5.74) is 5.84. The van der Waals surface area contributed by atoms with E-state index in [4.69, 9.17) is 10.5 Å². The molecule has 108 valence electrons. The molecular weight excluding hydrogens is 228 g/mol. The standard InChI is InChI=1S/C14H30N2O2/c1-11(10-18-5)16-13(17)7-6-12(8-9-15)14(2,3)4/h11-12H,6-10,15H2,1-5H3,(H,16,17). The van der Waals surface area contributed by atoms with Gasteiger partial charge in [0.2, 0.25) is 5.91 Å². The van der Waals surface area contributed by atoms with Crippen LogP contribution < -0.4 is 11.1 Å². The van der Waals surface area contributed by atoms with Crippen LogP contribution in [0.25, 0.3) is 0 Å². The highest BCUT2D eigenvalue weighted by molar-refractivity contribution is 5.76. The van der Waals surface area contributed by atoms with Gasteiger partial charge >= 0.3 is 0 Å². The van der Waals surface area contributed by atoms with Crippen LogP contribution in [0, 0.1) is 11.3 Å². The Labute approximate surface area is 112 Å². The van der Waals surface area contributed by atoms with Crippen LogP contribution in [-0.2, 0) is 9.53 Å². The average Bonchev–Trinajstić information content (AvgIpc) is 2.22. The van der Waals surface area contributed by atoms with Crippen LogP contribution in [0.2, 0.25) is 0 Å². The number of carbonyl (C=O) groups excluding carboxylic acids is 1. The molecule has 0 saturated heterocycles. The lowest BCUT2D eigenvalue weighted by Gasteiger charge is -2.30. The zero-order valence-electron chi connectivity index (χ0n) is 12.6. The molecule has 0 aromatic heterocycles. The van der Waals surface area contributed by atoms with Gasteiger partial charge in [0, 0.05) is 19.6 Å². The molecule has 0 saturated carbocycles. The highest BCUT2D eigenvalue weighted by Gasteiger charge is 2.24. The second-order valence-corrected chi connectivity index (χ2v) is 6.10. The predicted molar refractivity (Wildman–Crippen MR) is 75.3 cm³/mol. The van der Waals surface area contributed by atoms with Crippen molar-refractivity contribution >= 4 is 5.91 Å². The van der Waals surface area contributed by atoms with Gasteiger partial charge in [0.05, 0.1) is 6.61 Å². The second-order valence-electron chi connectivity index (χ2n) is 6.10. The van der Waals surface area contributed by atoms with Crippen molar-refractivity contribution in [1.82, 2.24) is 5.32 Å². The minimum atomic E-state index is 0.0742. The summed E-state index contributed by atoms with van der Waals surface area (Å²) in [7, 11) is 1.64. The molecule has 0 fully saturated rings. The van der Waals surface area contributed by atoms with Crippen LogP contribution in [0.15, 0.2) is 0 Å². The van der Waals surface area contributed by atoms with Gasteiger partial charge in [0.15, 0.2) is 0 Å². The molecule has 2 atom stereocenters. The molecule has 0 aliphatic carbocycles. The van der Waals surface area contributed by atoms with E-state index in [2.05, 4.69) is 26.1 Å². The number of nitrogens with two attached hydrogens (primary N) is 1. The number of hydrogen-bond donors (Lipinski definition) is 2. The lowest BCUT2D eigenvalue weighted by atomic mass is 9.76. The number of carbonyl (C=O) groups is 1. The molecule has 0 aromatic carbocycles. The summed E-state index contributed by atoms with van der Waals surface area (Å²) in [4.78, 5) is 11.8. The maximum absolute atomic E-state index is 11.8. The molecule has 1 amide bonds. The Morgan fingerprint density at radius 1 is 1.33 bits per heavy atom. The summed E-state index contributed by atoms with van der Waals surface area (Å²) in [6.45, 7) is 9.81. The van der Waals surface area contributed by atoms with E-state index >= 15 is 0 Å². The molecule has 0 rings (SSSR count). The van der Waals surface area contributed by atoms with Gasteiger partial charge in [0.25, 0.3) is 0 Å². The zero-order valence-corrected chi connectivity index (χ0v) is 12.6. The quantitative estimate of drug-likeness (QED) is 0.699. The van der Waals surface area contributed by atoms with Crippen molar-refractivity contribution < 1.29 is 9.53 Å². The molecule has 0 radical (unpaired) electrons. The number of nitrogens with one attached hydrogen (secondary N) is 1. The van der Waals surface area contributed by atoms with Crippen molar-refractivity contribution in [3.63, 3.8) is 0 Å². The van der Waals surface area contributed by atoms with E-state index in [0.717, 1.165) is 12.8 Å². The number of amides is 1. The molecule has 0 aliphatic rings. The number of rotatable bonds is 8. The van der Waals surface area contributed by atoms with Crippen LogP contribution >= 0.6 is 0 Å². The van der Waals surface area contributed by atoms with Gasteiger partial charge in [-0.25, -0.2) is 0 Å². The highest BCUT2D eigenvalue weighted by Crippen LogP contribution is 2.31. The summed E-state index contributed by atoms with van der Waals surface area (Å²) in [6, 6.07) is 0.0742. The van der Waals surface area contributed by atoms with E-state index in [9.17, 15) is 4.79 Å². The number of methoxy groups -OCH3 is 1. The molecule has 0 heterocycles. The van der Waals surface area contributed by atoms with Crippen molar-refractivity contribution in [1.29, 1.82) is 0 Å². The highest BCUT2D eigenvalue weighted by atomic mass is 16.5. The van der Waals surface area contributed by atoms with Crippen LogP contribution in [0.3, 0.4) is 0 Å². The fraction of sp³-hybridized carbons (Fsp3) is 0.929. The topological polar surface area (TPSA) is 64.3 Å². The average molecular weight is 258 g/mol. The van der Waals surface area contributed by atoms with Gasteiger partial charge in [-0.1, -0.05) is 20.8 Å². The maximum Gasteiger partial charge on any atom is 0.220 e. The first-order chi connectivity index (χ1) is 8.31. The molecule has 2 unspecified atom stereocenters. The Kier molecular flexibility index (Phi) is 8.20. The van der Waals surface area contributed by atoms with Gasteiger partial charge in [-0.2, -0.15) is 0 Å². The summed E-state index contributed by atoms with van der Waals surface area (Å²) >= 11 is 0. The molecule has 0 aliphatic heterocycles. The second kappa shape index (κ2) is 8.48. The van der Waals surface area contributed by atoms with E-state index in [0.29, 0.717) is 25.5 Å². The van der Waals surface area contributed by atoms with E-state index in [-0.39, 0.29) is 17.4 Å². The molecule has 0 aromatic rings. The van der Waals surface area contributed by atoms with Crippen molar-refractivity contribution in [2.24, 2.45) is 17.1 Å². The van der Waals surface area contributed by atoms with Crippen LogP contribution in [-0.4, -0.2) is 32.2 Å². The Balaban J connectivity index is 4.07. The van der Waals surface area contributed by atoms with Gasteiger partial charge in [0.1, 0.15) is 0 Å². The molecule has 4 nitrogen and oxygen atoms in total. The predicted octanol–water partition coefficient (Wildman–Crippen LogP) is 1.93. The Bertz CT molecular complexity index is 236. The molecule has 3 N–H and O–H groups in total. The minimum absolute atomic E-state index is 0.0742. The molecular formula is C14H30N2O2. The zero-order chi connectivity index (χ0) is 14.2. The van der Waals surface area contributed by atoms with E-state index < -0.39 is 0 Å². The third kappa shape index (κ3) is 7.67. The van der Waals surface area contributed by atoms with Crippen LogP contribution in [0.1, 0.15) is 47.0 Å². The number of hydrogen-bond acceptors (Lipinski definition) is 3. The minimum Gasteiger partial charge on any atom is -0.383 e. The molecule has 0 bridgehead atoms. The van der Waals surface area contributed by atoms with Gasteiger partial charge in [-0.05, 0) is 37.6 Å². The first-order valence-corrected chi connectivity index (χ1v) is 6.79. The Morgan fingerprint density at radius 3 is 2.39 bits per heavy atom. The first kappa shape index (κ1) is 17.4. The lowest BCUT2D eigenvalue weighted by molar-refractivity contribution is -0.122. The van der Waals surface area contributed by atoms with Gasteiger partial charge in [-0.3, -0.25) is 4.79 Å². The molecule has 18 heavy (non-hydrogen) atoms. The summed E-state index contributed by atoms with van der Waals surface area (Å²) in [5.74, 6) is 0.594. The molecule has 0 spiro atoms. The SMILES string of the molecule is COCC(C)NC(=O)CCC(CCN)C(C)(C)C. The maximum atomic E-state index is 11.8. The van der Waals surface area contributed by atoms with E-state index in [1.807, 2.05) is 6.92 Å². The fourth-order valence-electron chi connectivity index (χ4n) is 2.16. The van der Waals surface area contributed by atoms with Crippen molar-refractivity contribution in [3.05, 3.63) is 0 Å². The first-order valence-electron chi connectivity index (χ1n) is 6.79. The monoisotopic (exact) mass is 258 g/mol. The summed E-state index contributed by atoms with van der Waals surface area (Å²) in [6.07, 6.45) is 2.44. The van der Waals surface area contributed by atoms with Gasteiger partial charge in [-0.15, -0.1) is 0 Å². The Morgan fingerprint density at radius 2 is 1.94 bits per heavy atom. The third-order valence-corrected chi connectivity index (χ3v) is 3.28. The van der Waals surface area contributed by atoms with E-state index in [1.54, 1.807) is 7.11 Å². The summed E-state index contributed by atoms with van der Waals surface area (Å²) in [5, 5.41) is 2.93. The number of ether oxygens (including phenoxy) is 1. The fourth-order valence-corrected chi connectivity index (χ4v) is 2.16. The smallest absolute Gasteiger partial charge is 0.220 e. The molecule has 4 heteroatoms. The lowest BCUT2D eigenvalue weighted by Crippen LogP contribution is -2.36. The van der Waals surface area contributed by atoms with Gasteiger partial charge < -0.3 is 15.8 Å². The summed E-state index contributed by atoms with van der Waals surface area (Å²) < 4.78 is 4.99. The van der Waals surface area contributed by atoms with Crippen LogP contribution in [0.4, 0.5) is 0 Å². The van der Waals surface area contributed by atoms with E-state index in [1.165, 1.54) is 0 Å². The van der Waals surface area contributed by atoms with Crippen molar-refractivity contribution in [2.45, 2.75) is 53.0 Å². The Hall–Kier alpha value is -0.610.